The number of hydroxylamine groups is 1. The molecule has 1 fully saturated rings. The quantitative estimate of drug-likeness (QED) is 0.645. The minimum absolute atomic E-state index is 0.0440. The fourth-order valence-corrected chi connectivity index (χ4v) is 3.37. The number of hydrogen-bond donors (Lipinski definition) is 1. The number of nitrogens with one attached hydrogen (secondary N) is 1. The lowest BCUT2D eigenvalue weighted by Crippen LogP contribution is -2.21. The fraction of sp³-hybridized carbons (Fsp3) is 0.348. The van der Waals surface area contributed by atoms with Gasteiger partial charge in [0, 0.05) is 31.7 Å². The average Bonchev–Trinajstić information content (AvgIpc) is 3.26. The molecule has 9 heteroatoms. The van der Waals surface area contributed by atoms with E-state index < -0.39 is 12.3 Å². The molecule has 0 amide bonds. The van der Waals surface area contributed by atoms with E-state index in [0.717, 1.165) is 11.1 Å². The first-order valence-electron chi connectivity index (χ1n) is 10.1. The zero-order chi connectivity index (χ0) is 22.5. The van der Waals surface area contributed by atoms with Gasteiger partial charge in [0.2, 0.25) is 0 Å². The van der Waals surface area contributed by atoms with Crippen molar-refractivity contribution in [2.24, 2.45) is 4.99 Å². The Kier molecular flexibility index (Phi) is 6.77. The number of dihydropyridines is 1. The third kappa shape index (κ3) is 5.30. The molecule has 2 unspecified atom stereocenters. The lowest BCUT2D eigenvalue weighted by atomic mass is 9.93. The van der Waals surface area contributed by atoms with Gasteiger partial charge in [0.15, 0.2) is 11.6 Å². The number of fused-ring (bicyclic) bond motifs is 1. The van der Waals surface area contributed by atoms with Crippen molar-refractivity contribution in [1.82, 2.24) is 5.48 Å². The van der Waals surface area contributed by atoms with Crippen molar-refractivity contribution in [3.63, 3.8) is 0 Å². The van der Waals surface area contributed by atoms with Crippen LogP contribution in [-0.4, -0.2) is 45.3 Å². The number of nitrogens with zero attached hydrogens (tertiary/aromatic N) is 1. The molecule has 2 heterocycles. The van der Waals surface area contributed by atoms with E-state index in [9.17, 15) is 4.39 Å². The van der Waals surface area contributed by atoms with Crippen molar-refractivity contribution in [2.45, 2.75) is 32.0 Å². The Hall–Kier alpha value is -3.30. The Labute approximate surface area is 185 Å². The molecule has 32 heavy (non-hydrogen) atoms. The second-order valence-electron chi connectivity index (χ2n) is 7.25. The Bertz CT molecular complexity index is 1000. The van der Waals surface area contributed by atoms with Gasteiger partial charge in [-0.3, -0.25) is 0 Å². The topological polar surface area (TPSA) is 79.8 Å². The van der Waals surface area contributed by atoms with Gasteiger partial charge in [0.1, 0.15) is 30.0 Å². The highest BCUT2D eigenvalue weighted by molar-refractivity contribution is 5.80. The second kappa shape index (κ2) is 9.88. The first kappa shape index (κ1) is 21.9. The van der Waals surface area contributed by atoms with Crippen LogP contribution >= 0.6 is 0 Å². The molecule has 3 aliphatic rings. The maximum absolute atomic E-state index is 14.1. The van der Waals surface area contributed by atoms with E-state index in [1.807, 2.05) is 25.2 Å². The molecular formula is C23H25FN2O6. The van der Waals surface area contributed by atoms with Gasteiger partial charge < -0.3 is 28.5 Å². The van der Waals surface area contributed by atoms with Gasteiger partial charge in [-0.25, -0.2) is 14.9 Å². The number of methoxy groups -OCH3 is 2. The minimum atomic E-state index is -0.740. The summed E-state index contributed by atoms with van der Waals surface area (Å²) in [6, 6.07) is 4.11. The molecule has 0 radical (unpaired) electrons. The van der Waals surface area contributed by atoms with Gasteiger partial charge in [0.25, 0.3) is 0 Å². The molecule has 1 aromatic rings. The lowest BCUT2D eigenvalue weighted by molar-refractivity contribution is -0.208. The summed E-state index contributed by atoms with van der Waals surface area (Å²) in [5, 5.41) is 0. The smallest absolute Gasteiger partial charge is 0.315 e. The Morgan fingerprint density at radius 1 is 1.25 bits per heavy atom. The van der Waals surface area contributed by atoms with Gasteiger partial charge in [-0.2, -0.15) is 0 Å². The molecule has 1 saturated heterocycles. The summed E-state index contributed by atoms with van der Waals surface area (Å²) < 4.78 is 40.7. The predicted molar refractivity (Wildman–Crippen MR) is 114 cm³/mol. The first-order valence-corrected chi connectivity index (χ1v) is 10.1. The molecule has 0 spiro atoms. The van der Waals surface area contributed by atoms with Crippen molar-refractivity contribution in [3.8, 4) is 11.5 Å². The van der Waals surface area contributed by atoms with Crippen molar-refractivity contribution in [3.05, 3.63) is 71.4 Å². The molecule has 0 aromatic heterocycles. The van der Waals surface area contributed by atoms with E-state index in [0.29, 0.717) is 23.8 Å². The number of hydrogen-bond acceptors (Lipinski definition) is 8. The van der Waals surface area contributed by atoms with Crippen LogP contribution in [0.25, 0.3) is 0 Å². The fourth-order valence-electron chi connectivity index (χ4n) is 3.37. The number of halogens is 1. The molecule has 1 N–H and O–H groups in total. The monoisotopic (exact) mass is 444 g/mol. The highest BCUT2D eigenvalue weighted by atomic mass is 19.1. The molecule has 1 aliphatic carbocycles. The van der Waals surface area contributed by atoms with Gasteiger partial charge >= 0.3 is 6.48 Å². The zero-order valence-corrected chi connectivity index (χ0v) is 18.0. The number of rotatable bonds is 7. The molecular weight excluding hydrogens is 419 g/mol. The molecule has 4 rings (SSSR count). The van der Waals surface area contributed by atoms with Gasteiger partial charge in [-0.1, -0.05) is 18.2 Å². The molecule has 0 bridgehead atoms. The van der Waals surface area contributed by atoms with E-state index in [1.54, 1.807) is 13.2 Å². The Morgan fingerprint density at radius 2 is 2.09 bits per heavy atom. The van der Waals surface area contributed by atoms with Gasteiger partial charge in [-0.15, -0.1) is 0 Å². The van der Waals surface area contributed by atoms with Crippen molar-refractivity contribution in [1.29, 1.82) is 0 Å². The molecule has 8 nitrogen and oxygen atoms in total. The first-order chi connectivity index (χ1) is 15.5. The number of aliphatic imine (C=N–C) groups is 1. The average molecular weight is 444 g/mol. The van der Waals surface area contributed by atoms with E-state index in [1.165, 1.54) is 25.4 Å². The zero-order valence-electron chi connectivity index (χ0n) is 18.0. The maximum Gasteiger partial charge on any atom is 0.315 e. The van der Waals surface area contributed by atoms with Crippen LogP contribution < -0.4 is 15.1 Å². The summed E-state index contributed by atoms with van der Waals surface area (Å²) >= 11 is 0. The largest absolute Gasteiger partial charge is 0.486 e. The summed E-state index contributed by atoms with van der Waals surface area (Å²) in [5.74, 6) is 1.31. The summed E-state index contributed by atoms with van der Waals surface area (Å²) in [6.45, 7) is 1.40. The summed E-state index contributed by atoms with van der Waals surface area (Å²) in [5.41, 5.74) is 4.65. The highest BCUT2D eigenvalue weighted by Crippen LogP contribution is 2.28. The van der Waals surface area contributed by atoms with E-state index >= 15 is 0 Å². The van der Waals surface area contributed by atoms with E-state index in [4.69, 9.17) is 28.5 Å². The van der Waals surface area contributed by atoms with Crippen molar-refractivity contribution >= 4 is 5.90 Å². The second-order valence-corrected chi connectivity index (χ2v) is 7.25. The summed E-state index contributed by atoms with van der Waals surface area (Å²) in [4.78, 5) is 9.93. The standard InChI is InChI=1S/C23H25FN2O6/c1-14(15-4-6-21-16(8-15)5-7-22(26-21)27-2)30-18-9-17(24)10-19(11-18)32-25-12-20-13-29-23(28-3)31-20/h4-6,8-12,14,21,23,25H,7,13H2,1-3H3/t14?,21?,23-/m0/s1. The van der Waals surface area contributed by atoms with E-state index in [2.05, 4.69) is 16.5 Å². The summed E-state index contributed by atoms with van der Waals surface area (Å²) in [6.07, 6.45) is 9.93. The normalized spacial score (nSPS) is 24.0. The van der Waals surface area contributed by atoms with Gasteiger partial charge in [0.05, 0.1) is 19.4 Å². The van der Waals surface area contributed by atoms with Crippen LogP contribution in [0, 0.1) is 5.82 Å². The Balaban J connectivity index is 1.37. The van der Waals surface area contributed by atoms with Crippen LogP contribution in [0.1, 0.15) is 13.3 Å². The van der Waals surface area contributed by atoms with Crippen molar-refractivity contribution in [2.75, 3.05) is 20.8 Å². The number of benzene rings is 1. The van der Waals surface area contributed by atoms with Crippen LogP contribution in [0.4, 0.5) is 4.39 Å². The lowest BCUT2D eigenvalue weighted by Gasteiger charge is -2.24. The Morgan fingerprint density at radius 3 is 2.88 bits per heavy atom. The van der Waals surface area contributed by atoms with Crippen LogP contribution in [0.3, 0.4) is 0 Å². The molecule has 2 aliphatic heterocycles. The molecule has 0 saturated carbocycles. The molecule has 3 atom stereocenters. The third-order valence-electron chi connectivity index (χ3n) is 5.00. The minimum Gasteiger partial charge on any atom is -0.486 e. The van der Waals surface area contributed by atoms with E-state index in [-0.39, 0.29) is 24.5 Å². The van der Waals surface area contributed by atoms with Gasteiger partial charge in [-0.05, 0) is 24.1 Å². The maximum atomic E-state index is 14.1. The van der Waals surface area contributed by atoms with Crippen LogP contribution in [0.15, 0.2) is 70.6 Å². The van der Waals surface area contributed by atoms with Crippen molar-refractivity contribution < 1.29 is 32.9 Å². The number of ether oxygens (including phenoxy) is 5. The third-order valence-corrected chi connectivity index (χ3v) is 5.00. The SMILES string of the molecule is COC1=NC2C=CC(C(C)Oc3cc(F)cc(ONC=C4CO[C@H](OC)O4)c3)=CC2=CC1. The molecule has 170 valence electrons. The molecule has 1 aromatic carbocycles. The highest BCUT2D eigenvalue weighted by Gasteiger charge is 2.22. The van der Waals surface area contributed by atoms with Crippen LogP contribution in [0.2, 0.25) is 0 Å². The summed E-state index contributed by atoms with van der Waals surface area (Å²) in [7, 11) is 3.10. The van der Waals surface area contributed by atoms with Crippen LogP contribution in [0.5, 0.6) is 11.5 Å². The predicted octanol–water partition coefficient (Wildman–Crippen LogP) is 3.53. The van der Waals surface area contributed by atoms with Crippen LogP contribution in [-0.2, 0) is 18.9 Å².